The maximum absolute atomic E-state index is 13.2. The summed E-state index contributed by atoms with van der Waals surface area (Å²) >= 11 is 0. The Morgan fingerprint density at radius 3 is 2.24 bits per heavy atom. The molecule has 2 rings (SSSR count). The summed E-state index contributed by atoms with van der Waals surface area (Å²) in [6.07, 6.45) is -0.632. The zero-order valence-electron chi connectivity index (χ0n) is 18.1. The number of esters is 1. The molecule has 0 aromatic heterocycles. The summed E-state index contributed by atoms with van der Waals surface area (Å²) in [5.74, 6) is -1.29. The minimum absolute atomic E-state index is 0.137. The Hall–Kier alpha value is -2.57. The van der Waals surface area contributed by atoms with Crippen molar-refractivity contribution in [3.8, 4) is 0 Å². The van der Waals surface area contributed by atoms with E-state index in [4.69, 9.17) is 9.47 Å². The summed E-state index contributed by atoms with van der Waals surface area (Å²) in [5.41, 5.74) is 0.329. The van der Waals surface area contributed by atoms with Crippen LogP contribution in [-0.4, -0.2) is 54.7 Å². The highest BCUT2D eigenvalue weighted by Crippen LogP contribution is 2.34. The molecule has 1 N–H and O–H groups in total. The van der Waals surface area contributed by atoms with Gasteiger partial charge in [-0.15, -0.1) is 0 Å². The van der Waals surface area contributed by atoms with E-state index in [9.17, 15) is 14.4 Å². The van der Waals surface area contributed by atoms with Crippen molar-refractivity contribution >= 4 is 18.0 Å². The van der Waals surface area contributed by atoms with Gasteiger partial charge in [0.25, 0.3) is 0 Å². The first-order chi connectivity index (χ1) is 13.5. The van der Waals surface area contributed by atoms with E-state index in [1.165, 1.54) is 7.11 Å². The summed E-state index contributed by atoms with van der Waals surface area (Å²) < 4.78 is 10.3. The highest BCUT2D eigenvalue weighted by molar-refractivity contribution is 5.87. The number of benzene rings is 1. The van der Waals surface area contributed by atoms with Crippen LogP contribution in [0.4, 0.5) is 4.79 Å². The molecule has 2 amide bonds. The molecule has 1 aromatic rings. The minimum Gasteiger partial charge on any atom is -0.469 e. The predicted molar refractivity (Wildman–Crippen MR) is 109 cm³/mol. The van der Waals surface area contributed by atoms with E-state index in [1.807, 2.05) is 44.2 Å². The lowest BCUT2D eigenvalue weighted by Gasteiger charge is -2.28. The Morgan fingerprint density at radius 1 is 1.10 bits per heavy atom. The summed E-state index contributed by atoms with van der Waals surface area (Å²) in [7, 11) is 1.36. The molecule has 1 heterocycles. The maximum atomic E-state index is 13.2. The van der Waals surface area contributed by atoms with Crippen molar-refractivity contribution in [3.05, 3.63) is 35.9 Å². The summed E-state index contributed by atoms with van der Waals surface area (Å²) in [5, 5.41) is 2.69. The molecule has 7 heteroatoms. The molecule has 1 unspecified atom stereocenters. The van der Waals surface area contributed by atoms with Crippen LogP contribution in [-0.2, 0) is 19.1 Å². The highest BCUT2D eigenvalue weighted by atomic mass is 16.6. The Balaban J connectivity index is 2.19. The second kappa shape index (κ2) is 9.29. The number of amides is 2. The van der Waals surface area contributed by atoms with Gasteiger partial charge in [-0.3, -0.25) is 9.59 Å². The fourth-order valence-electron chi connectivity index (χ4n) is 3.56. The molecule has 1 aliphatic heterocycles. The molecular weight excluding hydrogens is 372 g/mol. The van der Waals surface area contributed by atoms with Crippen molar-refractivity contribution in [1.82, 2.24) is 10.2 Å². The fourth-order valence-corrected chi connectivity index (χ4v) is 3.56. The van der Waals surface area contributed by atoms with Crippen molar-refractivity contribution in [2.24, 2.45) is 11.8 Å². The number of nitrogens with zero attached hydrogens (tertiary/aromatic N) is 1. The zero-order chi connectivity index (χ0) is 21.8. The highest BCUT2D eigenvalue weighted by Gasteiger charge is 2.43. The van der Waals surface area contributed by atoms with Gasteiger partial charge < -0.3 is 19.7 Å². The Bertz CT molecular complexity index is 726. The molecule has 160 valence electrons. The van der Waals surface area contributed by atoms with Gasteiger partial charge in [-0.25, -0.2) is 4.79 Å². The van der Waals surface area contributed by atoms with Crippen LogP contribution in [0.3, 0.4) is 0 Å². The normalized spacial score (nSPS) is 20.3. The first-order valence-corrected chi connectivity index (χ1v) is 9.94. The molecule has 1 aromatic carbocycles. The lowest BCUT2D eigenvalue weighted by Crippen LogP contribution is -2.51. The van der Waals surface area contributed by atoms with Gasteiger partial charge in [-0.05, 0) is 32.3 Å². The predicted octanol–water partition coefficient (Wildman–Crippen LogP) is 2.95. The van der Waals surface area contributed by atoms with Crippen LogP contribution in [0, 0.1) is 11.8 Å². The standard InChI is InChI=1S/C22H32N2O5/c1-14(2)18(23-21(27)29-22(3,4)5)19(25)24-12-16(15-10-8-7-9-11-15)17(13-24)20(26)28-6/h7-11,14,16-18H,12-13H2,1-6H3,(H,23,27)/t16-,17?,18+/m1/s1. The Morgan fingerprint density at radius 2 is 1.72 bits per heavy atom. The summed E-state index contributed by atoms with van der Waals surface area (Å²) in [4.78, 5) is 39.4. The lowest BCUT2D eigenvalue weighted by atomic mass is 9.89. The van der Waals surface area contributed by atoms with Gasteiger partial charge >= 0.3 is 12.1 Å². The monoisotopic (exact) mass is 404 g/mol. The van der Waals surface area contributed by atoms with Crippen LogP contribution in [0.25, 0.3) is 0 Å². The molecule has 3 atom stereocenters. The van der Waals surface area contributed by atoms with E-state index in [0.29, 0.717) is 6.54 Å². The molecule has 1 aliphatic rings. The summed E-state index contributed by atoms with van der Waals surface area (Å²) in [6.45, 7) is 9.68. The van der Waals surface area contributed by atoms with Crippen LogP contribution in [0.15, 0.2) is 30.3 Å². The Labute approximate surface area is 172 Å². The maximum Gasteiger partial charge on any atom is 0.408 e. The van der Waals surface area contributed by atoms with Gasteiger partial charge in [-0.1, -0.05) is 44.2 Å². The van der Waals surface area contributed by atoms with Gasteiger partial charge in [-0.2, -0.15) is 0 Å². The van der Waals surface area contributed by atoms with Gasteiger partial charge in [0, 0.05) is 19.0 Å². The summed E-state index contributed by atoms with van der Waals surface area (Å²) in [6, 6.07) is 8.90. The third kappa shape index (κ3) is 5.95. The Kier molecular flexibility index (Phi) is 7.27. The number of likely N-dealkylation sites (tertiary alicyclic amines) is 1. The molecule has 29 heavy (non-hydrogen) atoms. The molecule has 0 spiro atoms. The van der Waals surface area contributed by atoms with Crippen LogP contribution >= 0.6 is 0 Å². The van der Waals surface area contributed by atoms with Crippen molar-refractivity contribution in [2.45, 2.75) is 52.2 Å². The molecule has 0 radical (unpaired) electrons. The van der Waals surface area contributed by atoms with Crippen molar-refractivity contribution in [1.29, 1.82) is 0 Å². The molecule has 0 aliphatic carbocycles. The molecule has 7 nitrogen and oxygen atoms in total. The van der Waals surface area contributed by atoms with Crippen LogP contribution in [0.5, 0.6) is 0 Å². The van der Waals surface area contributed by atoms with E-state index in [0.717, 1.165) is 5.56 Å². The lowest BCUT2D eigenvalue weighted by molar-refractivity contribution is -0.145. The second-order valence-electron chi connectivity index (χ2n) is 8.76. The van der Waals surface area contributed by atoms with E-state index in [-0.39, 0.29) is 30.3 Å². The average Bonchev–Trinajstić information content (AvgIpc) is 3.09. The number of rotatable bonds is 5. The van der Waals surface area contributed by atoms with Crippen molar-refractivity contribution in [2.75, 3.05) is 20.2 Å². The van der Waals surface area contributed by atoms with Crippen LogP contribution in [0.1, 0.15) is 46.1 Å². The number of ether oxygens (including phenoxy) is 2. The van der Waals surface area contributed by atoms with E-state index >= 15 is 0 Å². The SMILES string of the molecule is COC(=O)C1CN(C(=O)[C@@H](NC(=O)OC(C)(C)C)C(C)C)C[C@@H]1c1ccccc1. The number of hydrogen-bond donors (Lipinski definition) is 1. The number of methoxy groups -OCH3 is 1. The number of carbonyl (C=O) groups is 3. The third-order valence-corrected chi connectivity index (χ3v) is 4.97. The van der Waals surface area contributed by atoms with Gasteiger partial charge in [0.2, 0.25) is 5.91 Å². The second-order valence-corrected chi connectivity index (χ2v) is 8.76. The molecule has 0 saturated carbocycles. The average molecular weight is 405 g/mol. The first kappa shape index (κ1) is 22.7. The quantitative estimate of drug-likeness (QED) is 0.763. The third-order valence-electron chi connectivity index (χ3n) is 4.97. The largest absolute Gasteiger partial charge is 0.469 e. The van der Waals surface area contributed by atoms with Crippen molar-refractivity contribution < 1.29 is 23.9 Å². The number of alkyl carbamates (subject to hydrolysis) is 1. The fraction of sp³-hybridized carbons (Fsp3) is 0.591. The molecular formula is C22H32N2O5. The molecule has 1 fully saturated rings. The number of nitrogens with one attached hydrogen (secondary N) is 1. The minimum atomic E-state index is -0.738. The van der Waals surface area contributed by atoms with E-state index in [2.05, 4.69) is 5.32 Å². The van der Waals surface area contributed by atoms with Gasteiger partial charge in [0.1, 0.15) is 11.6 Å². The number of carbonyl (C=O) groups excluding carboxylic acids is 3. The van der Waals surface area contributed by atoms with E-state index < -0.39 is 23.7 Å². The molecule has 1 saturated heterocycles. The van der Waals surface area contributed by atoms with Gasteiger partial charge in [0.05, 0.1) is 13.0 Å². The van der Waals surface area contributed by atoms with E-state index in [1.54, 1.807) is 25.7 Å². The van der Waals surface area contributed by atoms with Crippen molar-refractivity contribution in [3.63, 3.8) is 0 Å². The first-order valence-electron chi connectivity index (χ1n) is 9.94. The molecule has 0 bridgehead atoms. The number of hydrogen-bond acceptors (Lipinski definition) is 5. The zero-order valence-corrected chi connectivity index (χ0v) is 18.1. The topological polar surface area (TPSA) is 84.9 Å². The smallest absolute Gasteiger partial charge is 0.408 e. The van der Waals surface area contributed by atoms with Crippen LogP contribution in [0.2, 0.25) is 0 Å². The van der Waals surface area contributed by atoms with Gasteiger partial charge in [0.15, 0.2) is 0 Å². The van der Waals surface area contributed by atoms with Crippen LogP contribution < -0.4 is 5.32 Å².